The third-order valence-electron chi connectivity index (χ3n) is 5.60. The van der Waals surface area contributed by atoms with Gasteiger partial charge in [0.2, 0.25) is 0 Å². The fraction of sp³-hybridized carbons (Fsp3) is 0.538. The van der Waals surface area contributed by atoms with Crippen molar-refractivity contribution in [2.75, 3.05) is 0 Å². The van der Waals surface area contributed by atoms with Crippen LogP contribution in [0.25, 0.3) is 0 Å². The number of hydrogen-bond donors (Lipinski definition) is 0. The first-order valence-electron chi connectivity index (χ1n) is 11.4. The van der Waals surface area contributed by atoms with Gasteiger partial charge in [0.25, 0.3) is 0 Å². The van der Waals surface area contributed by atoms with Crippen LogP contribution < -0.4 is 6.15 Å². The molecule has 0 aliphatic rings. The van der Waals surface area contributed by atoms with Crippen LogP contribution in [0.4, 0.5) is 0 Å². The van der Waals surface area contributed by atoms with E-state index in [1.807, 2.05) is 0 Å². The van der Waals surface area contributed by atoms with E-state index in [0.717, 1.165) is 24.3 Å². The van der Waals surface area contributed by atoms with E-state index in [2.05, 4.69) is 74.0 Å². The molecule has 0 bridgehead atoms. The quantitative estimate of drug-likeness (QED) is 0.216. The number of aryl methyl sites for hydroxylation is 2. The van der Waals surface area contributed by atoms with Crippen LogP contribution >= 0.6 is 0 Å². The summed E-state index contributed by atoms with van der Waals surface area (Å²) in [4.78, 5) is 4.42. The van der Waals surface area contributed by atoms with Crippen molar-refractivity contribution < 1.29 is 6.15 Å². The Hall–Kier alpha value is -1.16. The second-order valence-electron chi connectivity index (χ2n) is 8.60. The third-order valence-corrected chi connectivity index (χ3v) is 9.66. The van der Waals surface area contributed by atoms with Gasteiger partial charge in [-0.1, -0.05) is 0 Å². The van der Waals surface area contributed by atoms with Crippen LogP contribution in [0.3, 0.4) is 0 Å². The van der Waals surface area contributed by atoms with Gasteiger partial charge in [-0.05, 0) is 0 Å². The molecule has 160 valence electrons. The van der Waals surface area contributed by atoms with Crippen LogP contribution in [0.5, 0.6) is 11.5 Å². The van der Waals surface area contributed by atoms with Gasteiger partial charge >= 0.3 is 184 Å². The summed E-state index contributed by atoms with van der Waals surface area (Å²) in [6.07, 6.45) is 9.83. The summed E-state index contributed by atoms with van der Waals surface area (Å²) in [5.41, 5.74) is 5.38. The Balaban J connectivity index is 2.10. The van der Waals surface area contributed by atoms with Crippen LogP contribution in [-0.2, 0) is 12.8 Å². The van der Waals surface area contributed by atoms with Gasteiger partial charge < -0.3 is 0 Å². The molecule has 0 fully saturated rings. The van der Waals surface area contributed by atoms with Crippen molar-refractivity contribution in [2.24, 2.45) is 0 Å². The van der Waals surface area contributed by atoms with E-state index >= 15 is 0 Å². The second kappa shape index (κ2) is 11.9. The van der Waals surface area contributed by atoms with Gasteiger partial charge in [0.1, 0.15) is 0 Å². The summed E-state index contributed by atoms with van der Waals surface area (Å²) in [6, 6.07) is 13.0. The Bertz CT molecular complexity index is 704. The van der Waals surface area contributed by atoms with Gasteiger partial charge in [-0.3, -0.25) is 0 Å². The molecule has 0 amide bonds. The van der Waals surface area contributed by atoms with Gasteiger partial charge in [-0.25, -0.2) is 0 Å². The molecule has 0 aliphatic heterocycles. The zero-order chi connectivity index (χ0) is 21.3. The molecule has 2 rings (SSSR count). The Morgan fingerprint density at radius 1 is 0.655 bits per heavy atom. The Morgan fingerprint density at radius 3 is 1.45 bits per heavy atom. The Morgan fingerprint density at radius 2 is 1.07 bits per heavy atom. The predicted octanol–water partition coefficient (Wildman–Crippen LogP) is 7.93. The van der Waals surface area contributed by atoms with E-state index in [4.69, 9.17) is 6.15 Å². The first kappa shape index (κ1) is 24.1. The van der Waals surface area contributed by atoms with Crippen LogP contribution in [0, 0.1) is 13.8 Å². The summed E-state index contributed by atoms with van der Waals surface area (Å²) in [5.74, 6) is 2.02. The number of benzene rings is 2. The van der Waals surface area contributed by atoms with Crippen molar-refractivity contribution in [3.05, 3.63) is 58.7 Å². The number of hydrogen-bond acceptors (Lipinski definition) is 2. The second-order valence-corrected chi connectivity index (χ2v) is 17.8. The van der Waals surface area contributed by atoms with Crippen molar-refractivity contribution >= 4 is 19.2 Å². The normalized spacial score (nSPS) is 11.5. The van der Waals surface area contributed by atoms with E-state index in [-0.39, 0.29) is 0 Å². The zero-order valence-electron chi connectivity index (χ0n) is 19.4. The molecule has 0 aromatic heterocycles. The van der Waals surface area contributed by atoms with E-state index in [9.17, 15) is 0 Å². The van der Waals surface area contributed by atoms with Crippen molar-refractivity contribution in [3.8, 4) is 11.5 Å². The molecule has 0 saturated carbocycles. The summed E-state index contributed by atoms with van der Waals surface area (Å²) >= 11 is -3.21. The molecular formula is C26H40O2Sn. The molecule has 29 heavy (non-hydrogen) atoms. The van der Waals surface area contributed by atoms with E-state index < -0.39 is 19.2 Å². The number of unbranched alkanes of at least 4 members (excludes halogenated alkanes) is 4. The first-order chi connectivity index (χ1) is 13.9. The Kier molecular flexibility index (Phi) is 9.88. The van der Waals surface area contributed by atoms with Gasteiger partial charge in [-0.2, -0.15) is 0 Å². The monoisotopic (exact) mass is 504 g/mol. The molecule has 0 radical (unpaired) electrons. The van der Waals surface area contributed by atoms with Gasteiger partial charge in [0, 0.05) is 0 Å². The zero-order valence-corrected chi connectivity index (χ0v) is 22.3. The third kappa shape index (κ3) is 7.55. The van der Waals surface area contributed by atoms with Crippen molar-refractivity contribution in [2.45, 2.75) is 88.9 Å². The molecule has 0 saturated heterocycles. The molecule has 0 heterocycles. The van der Waals surface area contributed by atoms with E-state index in [1.165, 1.54) is 60.8 Å². The van der Waals surface area contributed by atoms with E-state index in [1.54, 1.807) is 0 Å². The molecule has 2 aromatic carbocycles. The minimum atomic E-state index is -3.21. The molecule has 0 atom stereocenters. The molecule has 0 spiro atoms. The van der Waals surface area contributed by atoms with Crippen LogP contribution in [0.15, 0.2) is 36.4 Å². The molecule has 0 aliphatic carbocycles. The summed E-state index contributed by atoms with van der Waals surface area (Å²) in [7, 11) is 0. The van der Waals surface area contributed by atoms with Crippen LogP contribution in [-0.4, -0.2) is 19.2 Å². The van der Waals surface area contributed by atoms with Gasteiger partial charge in [0.15, 0.2) is 0 Å². The van der Waals surface area contributed by atoms with Gasteiger partial charge in [0.05, 0.1) is 0 Å². The molecule has 3 heteroatoms. The average molecular weight is 503 g/mol. The molecule has 0 unspecified atom stereocenters. The minimum absolute atomic E-state index is 1.01. The maximum absolute atomic E-state index is 6.56. The fourth-order valence-corrected chi connectivity index (χ4v) is 8.17. The maximum atomic E-state index is 6.56. The molecule has 0 N–H and O–H groups in total. The van der Waals surface area contributed by atoms with Gasteiger partial charge in [-0.15, -0.1) is 0 Å². The fourth-order valence-electron chi connectivity index (χ4n) is 3.76. The summed E-state index contributed by atoms with van der Waals surface area (Å²) in [6.45, 7) is 8.89. The SMILES string of the molecule is CCCCCc1cccc([O][Sn]([CH3])([CH3])[O]c2cccc(CCCCC)c2C)c1C. The van der Waals surface area contributed by atoms with Crippen LogP contribution in [0.2, 0.25) is 9.88 Å². The first-order valence-corrected chi connectivity index (χ1v) is 19.5. The average Bonchev–Trinajstić information content (AvgIpc) is 2.67. The molecule has 2 nitrogen and oxygen atoms in total. The van der Waals surface area contributed by atoms with E-state index in [0.29, 0.717) is 0 Å². The topological polar surface area (TPSA) is 18.5 Å². The Labute approximate surface area is 184 Å². The molecule has 2 aromatic rings. The van der Waals surface area contributed by atoms with Crippen molar-refractivity contribution in [1.29, 1.82) is 0 Å². The predicted molar refractivity (Wildman–Crippen MR) is 128 cm³/mol. The summed E-state index contributed by atoms with van der Waals surface area (Å²) in [5, 5.41) is 0. The van der Waals surface area contributed by atoms with Crippen LogP contribution in [0.1, 0.15) is 74.6 Å². The molecular weight excluding hydrogens is 463 g/mol. The number of rotatable bonds is 12. The standard InChI is InChI=1S/2C12H18O.2CH3.Sn/c2*1-3-4-5-7-11-8-6-9-12(13)10(11)2;;;/h2*6,8-9,13H,3-5,7H2,1-2H3;2*1H3;/q;;;;+2/p-2. The van der Waals surface area contributed by atoms with Crippen molar-refractivity contribution in [1.82, 2.24) is 0 Å². The van der Waals surface area contributed by atoms with Crippen molar-refractivity contribution in [3.63, 3.8) is 0 Å². The summed E-state index contributed by atoms with van der Waals surface area (Å²) < 4.78 is 13.1.